The zero-order valence-electron chi connectivity index (χ0n) is 13.7. The number of amides is 1. The zero-order chi connectivity index (χ0) is 17.1. The highest BCUT2D eigenvalue weighted by Gasteiger charge is 2.28. The Bertz CT molecular complexity index is 731. The first-order chi connectivity index (χ1) is 11.6. The van der Waals surface area contributed by atoms with Gasteiger partial charge >= 0.3 is 5.97 Å². The minimum absolute atomic E-state index is 0.0496. The molecule has 0 saturated carbocycles. The second kappa shape index (κ2) is 6.86. The maximum absolute atomic E-state index is 12.6. The van der Waals surface area contributed by atoms with Gasteiger partial charge in [-0.2, -0.15) is 5.10 Å². The number of likely N-dealkylation sites (tertiary alicyclic amines) is 1. The van der Waals surface area contributed by atoms with Crippen LogP contribution < -0.4 is 0 Å². The number of hydrogen-bond acceptors (Lipinski definition) is 3. The first-order valence-corrected chi connectivity index (χ1v) is 8.14. The molecule has 1 saturated heterocycles. The summed E-state index contributed by atoms with van der Waals surface area (Å²) in [5.74, 6) is -0.805. The van der Waals surface area contributed by atoms with E-state index in [4.69, 9.17) is 0 Å². The Labute approximate surface area is 140 Å². The topological polar surface area (TPSA) is 75.4 Å². The van der Waals surface area contributed by atoms with Crippen LogP contribution in [0.3, 0.4) is 0 Å². The van der Waals surface area contributed by atoms with E-state index in [1.54, 1.807) is 4.90 Å². The van der Waals surface area contributed by atoms with E-state index in [0.29, 0.717) is 19.0 Å². The Balaban J connectivity index is 1.62. The van der Waals surface area contributed by atoms with Crippen molar-refractivity contribution in [2.24, 2.45) is 13.0 Å². The Hall–Kier alpha value is -2.63. The van der Waals surface area contributed by atoms with Gasteiger partial charge in [0.1, 0.15) is 0 Å². The van der Waals surface area contributed by atoms with Crippen molar-refractivity contribution >= 4 is 11.9 Å². The van der Waals surface area contributed by atoms with E-state index < -0.39 is 5.97 Å². The molecular formula is C18H21N3O3. The lowest BCUT2D eigenvalue weighted by molar-refractivity contribution is 0.0644. The number of carboxylic acid groups (broad SMARTS) is 1. The molecule has 1 aliphatic rings. The van der Waals surface area contributed by atoms with Crippen LogP contribution in [-0.4, -0.2) is 44.8 Å². The van der Waals surface area contributed by atoms with Gasteiger partial charge in [-0.05, 0) is 30.7 Å². The molecule has 3 rings (SSSR count). The van der Waals surface area contributed by atoms with Crippen LogP contribution >= 0.6 is 0 Å². The number of carbonyl (C=O) groups excluding carboxylic acids is 1. The van der Waals surface area contributed by atoms with E-state index in [9.17, 15) is 14.7 Å². The van der Waals surface area contributed by atoms with Crippen molar-refractivity contribution in [3.8, 4) is 0 Å². The van der Waals surface area contributed by atoms with E-state index in [-0.39, 0.29) is 17.2 Å². The highest BCUT2D eigenvalue weighted by atomic mass is 16.4. The fourth-order valence-corrected chi connectivity index (χ4v) is 3.31. The van der Waals surface area contributed by atoms with Crippen molar-refractivity contribution < 1.29 is 14.7 Å². The van der Waals surface area contributed by atoms with Crippen LogP contribution in [0.25, 0.3) is 0 Å². The molecule has 1 aromatic carbocycles. The highest BCUT2D eigenvalue weighted by Crippen LogP contribution is 2.23. The first-order valence-electron chi connectivity index (χ1n) is 8.14. The number of aryl methyl sites for hydroxylation is 1. The molecule has 0 atom stereocenters. The summed E-state index contributed by atoms with van der Waals surface area (Å²) in [5, 5.41) is 13.2. The van der Waals surface area contributed by atoms with Crippen LogP contribution in [0.15, 0.2) is 36.5 Å². The number of aromatic carboxylic acids is 1. The lowest BCUT2D eigenvalue weighted by atomic mass is 9.90. The van der Waals surface area contributed by atoms with Crippen LogP contribution in [0.1, 0.15) is 39.3 Å². The molecule has 1 amide bonds. The van der Waals surface area contributed by atoms with Crippen LogP contribution in [-0.2, 0) is 13.5 Å². The summed E-state index contributed by atoms with van der Waals surface area (Å²) in [6, 6.07) is 10.4. The number of aromatic nitrogens is 2. The van der Waals surface area contributed by atoms with E-state index in [1.807, 2.05) is 18.2 Å². The van der Waals surface area contributed by atoms with Gasteiger partial charge in [-0.3, -0.25) is 9.48 Å². The van der Waals surface area contributed by atoms with Crippen molar-refractivity contribution in [2.75, 3.05) is 13.1 Å². The Morgan fingerprint density at radius 2 is 1.88 bits per heavy atom. The van der Waals surface area contributed by atoms with Gasteiger partial charge in [-0.25, -0.2) is 4.79 Å². The molecule has 1 aromatic heterocycles. The molecule has 0 aliphatic carbocycles. The van der Waals surface area contributed by atoms with Gasteiger partial charge in [0, 0.05) is 20.1 Å². The third-order valence-electron chi connectivity index (χ3n) is 4.64. The van der Waals surface area contributed by atoms with Crippen LogP contribution in [0.2, 0.25) is 0 Å². The predicted molar refractivity (Wildman–Crippen MR) is 88.9 cm³/mol. The van der Waals surface area contributed by atoms with Crippen molar-refractivity contribution in [3.05, 3.63) is 53.3 Å². The van der Waals surface area contributed by atoms with Crippen molar-refractivity contribution in [1.29, 1.82) is 0 Å². The fourth-order valence-electron chi connectivity index (χ4n) is 3.31. The molecule has 6 nitrogen and oxygen atoms in total. The van der Waals surface area contributed by atoms with Gasteiger partial charge < -0.3 is 10.0 Å². The molecule has 1 fully saturated rings. The molecule has 1 aliphatic heterocycles. The second-order valence-corrected chi connectivity index (χ2v) is 6.26. The minimum atomic E-state index is -1.13. The molecule has 6 heteroatoms. The van der Waals surface area contributed by atoms with Crippen LogP contribution in [0.4, 0.5) is 0 Å². The first kappa shape index (κ1) is 16.2. The third-order valence-corrected chi connectivity index (χ3v) is 4.64. The number of benzene rings is 1. The van der Waals surface area contributed by atoms with Crippen LogP contribution in [0, 0.1) is 5.92 Å². The van der Waals surface area contributed by atoms with E-state index >= 15 is 0 Å². The van der Waals surface area contributed by atoms with Gasteiger partial charge in [0.05, 0.1) is 11.8 Å². The average molecular weight is 327 g/mol. The molecule has 2 aromatic rings. The van der Waals surface area contributed by atoms with E-state index in [1.165, 1.54) is 23.5 Å². The molecule has 2 heterocycles. The number of nitrogens with zero attached hydrogens (tertiary/aromatic N) is 3. The van der Waals surface area contributed by atoms with Crippen molar-refractivity contribution in [2.45, 2.75) is 19.3 Å². The summed E-state index contributed by atoms with van der Waals surface area (Å²) in [4.78, 5) is 25.7. The van der Waals surface area contributed by atoms with Gasteiger partial charge in [0.15, 0.2) is 5.69 Å². The van der Waals surface area contributed by atoms with Gasteiger partial charge in [0.2, 0.25) is 0 Å². The molecular weight excluding hydrogens is 306 g/mol. The molecule has 1 N–H and O–H groups in total. The zero-order valence-corrected chi connectivity index (χ0v) is 13.7. The Kier molecular flexibility index (Phi) is 4.64. The SMILES string of the molecule is Cn1ncc(C(=O)N2CCC(Cc3ccccc3)CC2)c1C(=O)O. The number of carbonyl (C=O) groups is 2. The minimum Gasteiger partial charge on any atom is -0.477 e. The maximum Gasteiger partial charge on any atom is 0.354 e. The smallest absolute Gasteiger partial charge is 0.354 e. The number of piperidine rings is 1. The Morgan fingerprint density at radius 3 is 2.50 bits per heavy atom. The van der Waals surface area contributed by atoms with E-state index in [2.05, 4.69) is 17.2 Å². The standard InChI is InChI=1S/C18H21N3O3/c1-20-16(18(23)24)15(12-19-20)17(22)21-9-7-14(8-10-21)11-13-5-3-2-4-6-13/h2-6,12,14H,7-11H2,1H3,(H,23,24). The molecule has 24 heavy (non-hydrogen) atoms. The lowest BCUT2D eigenvalue weighted by Crippen LogP contribution is -2.39. The summed E-state index contributed by atoms with van der Waals surface area (Å²) in [6.07, 6.45) is 4.24. The van der Waals surface area contributed by atoms with Crippen molar-refractivity contribution in [1.82, 2.24) is 14.7 Å². The number of hydrogen-bond donors (Lipinski definition) is 1. The quantitative estimate of drug-likeness (QED) is 0.934. The molecule has 0 bridgehead atoms. The Morgan fingerprint density at radius 1 is 1.21 bits per heavy atom. The number of rotatable bonds is 4. The number of carboxylic acids is 1. The summed E-state index contributed by atoms with van der Waals surface area (Å²) >= 11 is 0. The van der Waals surface area contributed by atoms with Gasteiger partial charge in [0.25, 0.3) is 5.91 Å². The summed E-state index contributed by atoms with van der Waals surface area (Å²) < 4.78 is 1.23. The normalized spacial score (nSPS) is 15.5. The largest absolute Gasteiger partial charge is 0.477 e. The summed E-state index contributed by atoms with van der Waals surface area (Å²) in [6.45, 7) is 1.31. The summed E-state index contributed by atoms with van der Waals surface area (Å²) in [7, 11) is 1.53. The molecule has 0 radical (unpaired) electrons. The van der Waals surface area contributed by atoms with E-state index in [0.717, 1.165) is 19.3 Å². The highest BCUT2D eigenvalue weighted by molar-refractivity contribution is 6.03. The second-order valence-electron chi connectivity index (χ2n) is 6.26. The van der Waals surface area contributed by atoms with Gasteiger partial charge in [-0.15, -0.1) is 0 Å². The van der Waals surface area contributed by atoms with Gasteiger partial charge in [-0.1, -0.05) is 30.3 Å². The maximum atomic E-state index is 12.6. The molecule has 0 unspecified atom stereocenters. The monoisotopic (exact) mass is 327 g/mol. The van der Waals surface area contributed by atoms with Crippen LogP contribution in [0.5, 0.6) is 0 Å². The molecule has 126 valence electrons. The summed E-state index contributed by atoms with van der Waals surface area (Å²) in [5.41, 5.74) is 1.45. The molecule has 0 spiro atoms. The fraction of sp³-hybridized carbons (Fsp3) is 0.389. The lowest BCUT2D eigenvalue weighted by Gasteiger charge is -2.32. The average Bonchev–Trinajstić information content (AvgIpc) is 2.98. The van der Waals surface area contributed by atoms with Crippen molar-refractivity contribution in [3.63, 3.8) is 0 Å². The third kappa shape index (κ3) is 3.32. The predicted octanol–water partition coefficient (Wildman–Crippen LogP) is 2.21.